The molecule has 1 atom stereocenters. The molecule has 0 amide bonds. The third-order valence-electron chi connectivity index (χ3n) is 6.46. The SMILES string of the molecule is CCOC(=O)C(C(C)=O)c1cc(NS(=O)(=O)c2ccc(C)cc2)c2ccccc2c1NS(=O)(=O)c1ccc(C)cc1. The number of ether oxygens (including phenoxy) is 1. The van der Waals surface area contributed by atoms with Gasteiger partial charge in [-0.05, 0) is 58.0 Å². The van der Waals surface area contributed by atoms with Crippen LogP contribution in [0.5, 0.6) is 0 Å². The summed E-state index contributed by atoms with van der Waals surface area (Å²) in [7, 11) is -8.29. The van der Waals surface area contributed by atoms with Crippen molar-refractivity contribution < 1.29 is 31.2 Å². The highest BCUT2D eigenvalue weighted by Gasteiger charge is 2.33. The van der Waals surface area contributed by atoms with E-state index < -0.39 is 37.7 Å². The first kappa shape index (κ1) is 29.8. The van der Waals surface area contributed by atoms with E-state index >= 15 is 0 Å². The zero-order valence-corrected chi connectivity index (χ0v) is 24.6. The molecule has 0 spiro atoms. The first-order valence-corrected chi connectivity index (χ1v) is 15.7. The van der Waals surface area contributed by atoms with Gasteiger partial charge >= 0.3 is 5.97 Å². The van der Waals surface area contributed by atoms with Crippen molar-refractivity contribution in [1.82, 2.24) is 0 Å². The van der Waals surface area contributed by atoms with Gasteiger partial charge in [-0.1, -0.05) is 59.7 Å². The number of hydrogen-bond donors (Lipinski definition) is 2. The van der Waals surface area contributed by atoms with E-state index in [-0.39, 0.29) is 38.7 Å². The number of rotatable bonds is 10. The monoisotopic (exact) mass is 594 g/mol. The van der Waals surface area contributed by atoms with E-state index in [9.17, 15) is 26.4 Å². The molecule has 0 heterocycles. The number of aryl methyl sites for hydroxylation is 2. The predicted octanol–water partition coefficient (Wildman–Crippen LogP) is 5.29. The van der Waals surface area contributed by atoms with Gasteiger partial charge in [-0.2, -0.15) is 0 Å². The number of esters is 1. The Labute approximate surface area is 239 Å². The molecule has 9 nitrogen and oxygen atoms in total. The molecule has 0 aliphatic heterocycles. The van der Waals surface area contributed by atoms with Crippen molar-refractivity contribution >= 4 is 53.9 Å². The van der Waals surface area contributed by atoms with Crippen molar-refractivity contribution in [3.05, 3.63) is 95.6 Å². The molecule has 4 aromatic carbocycles. The zero-order valence-electron chi connectivity index (χ0n) is 23.0. The van der Waals surface area contributed by atoms with Gasteiger partial charge in [-0.25, -0.2) is 16.8 Å². The van der Waals surface area contributed by atoms with Crippen LogP contribution in [0.15, 0.2) is 88.7 Å². The van der Waals surface area contributed by atoms with Crippen molar-refractivity contribution in [3.8, 4) is 0 Å². The smallest absolute Gasteiger partial charge is 0.321 e. The van der Waals surface area contributed by atoms with Crippen LogP contribution in [-0.2, 0) is 34.4 Å². The van der Waals surface area contributed by atoms with Crippen LogP contribution in [-0.4, -0.2) is 35.2 Å². The summed E-state index contributed by atoms with van der Waals surface area (Å²) in [6.45, 7) is 6.40. The Hall–Kier alpha value is -4.22. The average Bonchev–Trinajstić information content (AvgIpc) is 2.91. The first-order chi connectivity index (χ1) is 19.3. The van der Waals surface area contributed by atoms with Crippen LogP contribution < -0.4 is 9.44 Å². The molecule has 4 aromatic rings. The molecule has 2 N–H and O–H groups in total. The quantitative estimate of drug-likeness (QED) is 0.188. The van der Waals surface area contributed by atoms with E-state index in [1.54, 1.807) is 55.5 Å². The molecule has 0 aromatic heterocycles. The fraction of sp³-hybridized carbons (Fsp3) is 0.200. The molecule has 1 unspecified atom stereocenters. The van der Waals surface area contributed by atoms with Gasteiger partial charge in [-0.15, -0.1) is 0 Å². The Morgan fingerprint density at radius 3 is 1.73 bits per heavy atom. The Morgan fingerprint density at radius 1 is 0.756 bits per heavy atom. The van der Waals surface area contributed by atoms with Crippen LogP contribution in [0.2, 0.25) is 0 Å². The van der Waals surface area contributed by atoms with Gasteiger partial charge in [0.15, 0.2) is 0 Å². The van der Waals surface area contributed by atoms with Crippen LogP contribution in [0.3, 0.4) is 0 Å². The lowest BCUT2D eigenvalue weighted by atomic mass is 9.90. The molecule has 0 fully saturated rings. The minimum absolute atomic E-state index is 0.00592. The highest BCUT2D eigenvalue weighted by molar-refractivity contribution is 7.93. The van der Waals surface area contributed by atoms with Gasteiger partial charge in [0.05, 0.1) is 27.8 Å². The topological polar surface area (TPSA) is 136 Å². The summed E-state index contributed by atoms with van der Waals surface area (Å²) in [4.78, 5) is 25.9. The normalized spacial score (nSPS) is 12.5. The number of ketones is 1. The van der Waals surface area contributed by atoms with Gasteiger partial charge in [-0.3, -0.25) is 19.0 Å². The van der Waals surface area contributed by atoms with Gasteiger partial charge in [0, 0.05) is 16.3 Å². The molecular weight excluding hydrogens is 564 g/mol. The van der Waals surface area contributed by atoms with Crippen LogP contribution >= 0.6 is 0 Å². The maximum atomic E-state index is 13.5. The standard InChI is InChI=1S/C30H30N2O7S2/c1-5-39-30(34)28(21(4)33)26-18-27(31-40(35,36)22-14-10-19(2)11-15-22)24-8-6-7-9-25(24)29(26)32-41(37,38)23-16-12-20(3)13-17-23/h6-18,28,31-32H,5H2,1-4H3. The van der Waals surface area contributed by atoms with Crippen LogP contribution in [0.1, 0.15) is 36.5 Å². The number of carbonyl (C=O) groups is 2. The molecule has 214 valence electrons. The largest absolute Gasteiger partial charge is 0.465 e. The summed E-state index contributed by atoms with van der Waals surface area (Å²) in [6.07, 6.45) is 0. The van der Waals surface area contributed by atoms with Crippen LogP contribution in [0.25, 0.3) is 10.8 Å². The van der Waals surface area contributed by atoms with Crippen molar-refractivity contribution in [2.75, 3.05) is 16.1 Å². The van der Waals surface area contributed by atoms with Gasteiger partial charge in [0.2, 0.25) is 0 Å². The molecule has 11 heteroatoms. The molecule has 41 heavy (non-hydrogen) atoms. The van der Waals surface area contributed by atoms with Gasteiger partial charge < -0.3 is 4.74 Å². The number of carbonyl (C=O) groups excluding carboxylic acids is 2. The number of sulfonamides is 2. The maximum Gasteiger partial charge on any atom is 0.321 e. The Balaban J connectivity index is 1.98. The molecule has 4 rings (SSSR count). The fourth-order valence-electron chi connectivity index (χ4n) is 4.39. The zero-order chi connectivity index (χ0) is 29.9. The number of fused-ring (bicyclic) bond motifs is 1. The highest BCUT2D eigenvalue weighted by atomic mass is 32.2. The van der Waals surface area contributed by atoms with Crippen LogP contribution in [0.4, 0.5) is 11.4 Å². The molecule has 0 saturated carbocycles. The average molecular weight is 595 g/mol. The van der Waals surface area contributed by atoms with Crippen LogP contribution in [0, 0.1) is 13.8 Å². The van der Waals surface area contributed by atoms with E-state index in [0.29, 0.717) is 5.39 Å². The second-order valence-electron chi connectivity index (χ2n) is 9.57. The third-order valence-corrected chi connectivity index (χ3v) is 9.21. The van der Waals surface area contributed by atoms with Gasteiger partial charge in [0.1, 0.15) is 11.7 Å². The van der Waals surface area contributed by atoms with E-state index in [2.05, 4.69) is 9.44 Å². The van der Waals surface area contributed by atoms with E-state index in [4.69, 9.17) is 4.74 Å². The molecule has 0 radical (unpaired) electrons. The Bertz CT molecular complexity index is 1830. The maximum absolute atomic E-state index is 13.5. The lowest BCUT2D eigenvalue weighted by molar-refractivity contribution is -0.147. The Morgan fingerprint density at radius 2 is 1.24 bits per heavy atom. The second-order valence-corrected chi connectivity index (χ2v) is 12.9. The Kier molecular flexibility index (Phi) is 8.50. The summed E-state index contributed by atoms with van der Waals surface area (Å²) >= 11 is 0. The number of anilines is 2. The predicted molar refractivity (Wildman–Crippen MR) is 158 cm³/mol. The number of Topliss-reactive ketones (excluding diaryl/α,β-unsaturated/α-hetero) is 1. The molecule has 0 aliphatic carbocycles. The van der Waals surface area contributed by atoms with Crippen molar-refractivity contribution in [2.45, 2.75) is 43.4 Å². The summed E-state index contributed by atoms with van der Waals surface area (Å²) in [6, 6.07) is 20.2. The first-order valence-electron chi connectivity index (χ1n) is 12.8. The summed E-state index contributed by atoms with van der Waals surface area (Å²) in [5.41, 5.74) is 1.71. The molecular formula is C30H30N2O7S2. The number of nitrogens with one attached hydrogen (secondary N) is 2. The van der Waals surface area contributed by atoms with E-state index in [0.717, 1.165) is 11.1 Å². The third kappa shape index (κ3) is 6.41. The summed E-state index contributed by atoms with van der Waals surface area (Å²) < 4.78 is 64.0. The lowest BCUT2D eigenvalue weighted by Gasteiger charge is -2.22. The minimum atomic E-state index is -4.19. The number of benzene rings is 4. The summed E-state index contributed by atoms with van der Waals surface area (Å²) in [5.74, 6) is -3.03. The minimum Gasteiger partial charge on any atom is -0.465 e. The second kappa shape index (κ2) is 11.7. The highest BCUT2D eigenvalue weighted by Crippen LogP contribution is 2.40. The van der Waals surface area contributed by atoms with E-state index in [1.165, 1.54) is 37.3 Å². The molecule has 0 bridgehead atoms. The van der Waals surface area contributed by atoms with Gasteiger partial charge in [0.25, 0.3) is 20.0 Å². The summed E-state index contributed by atoms with van der Waals surface area (Å²) in [5, 5.41) is 0.623. The van der Waals surface area contributed by atoms with E-state index in [1.807, 2.05) is 13.8 Å². The molecule has 0 saturated heterocycles. The number of hydrogen-bond acceptors (Lipinski definition) is 7. The van der Waals surface area contributed by atoms with Crippen molar-refractivity contribution in [2.24, 2.45) is 0 Å². The van der Waals surface area contributed by atoms with Crippen molar-refractivity contribution in [1.29, 1.82) is 0 Å². The molecule has 0 aliphatic rings. The van der Waals surface area contributed by atoms with Crippen molar-refractivity contribution in [3.63, 3.8) is 0 Å². The fourth-order valence-corrected chi connectivity index (χ4v) is 6.57. The lowest BCUT2D eigenvalue weighted by Crippen LogP contribution is -2.25.